The molecule has 0 fully saturated rings. The predicted octanol–water partition coefficient (Wildman–Crippen LogP) is -1.27. The Bertz CT molecular complexity index is 341. The molecule has 0 spiro atoms. The van der Waals surface area contributed by atoms with E-state index in [4.69, 9.17) is 0 Å². The van der Waals surface area contributed by atoms with Crippen molar-refractivity contribution in [3.05, 3.63) is 30.1 Å². The molecule has 1 heterocycles. The maximum absolute atomic E-state index is 11.3. The molecule has 7 heteroatoms. The summed E-state index contributed by atoms with van der Waals surface area (Å²) in [6, 6.07) is 3.03. The number of nitrogens with two attached hydrogens (primary N) is 1. The molecular formula is C8H10N4O3. The second-order valence-electron chi connectivity index (χ2n) is 2.55. The molecule has 0 atom stereocenters. The fourth-order valence-corrected chi connectivity index (χ4v) is 0.814. The predicted molar refractivity (Wildman–Crippen MR) is 50.0 cm³/mol. The van der Waals surface area contributed by atoms with Crippen LogP contribution in [0.1, 0.15) is 10.4 Å². The van der Waals surface area contributed by atoms with Crippen molar-refractivity contribution in [3.8, 4) is 0 Å². The highest BCUT2D eigenvalue weighted by atomic mass is 16.6. The van der Waals surface area contributed by atoms with Gasteiger partial charge in [-0.05, 0) is 12.1 Å². The number of amides is 2. The van der Waals surface area contributed by atoms with E-state index in [0.717, 1.165) is 0 Å². The van der Waals surface area contributed by atoms with E-state index in [1.807, 2.05) is 0 Å². The number of hydrogen-bond donors (Lipinski definition) is 3. The van der Waals surface area contributed by atoms with Gasteiger partial charge in [0.25, 0.3) is 11.8 Å². The molecule has 80 valence electrons. The minimum absolute atomic E-state index is 0.323. The largest absolute Gasteiger partial charge is 0.295 e. The molecule has 0 aliphatic heterocycles. The van der Waals surface area contributed by atoms with Crippen molar-refractivity contribution >= 4 is 11.8 Å². The summed E-state index contributed by atoms with van der Waals surface area (Å²) in [5, 5.41) is 0. The van der Waals surface area contributed by atoms with Gasteiger partial charge in [-0.3, -0.25) is 30.3 Å². The highest BCUT2D eigenvalue weighted by Gasteiger charge is 2.05. The van der Waals surface area contributed by atoms with Crippen molar-refractivity contribution in [2.45, 2.75) is 0 Å². The normalized spacial score (nSPS) is 9.40. The topological polar surface area (TPSA) is 106 Å². The first-order valence-electron chi connectivity index (χ1n) is 4.05. The molecular weight excluding hydrogens is 200 g/mol. The summed E-state index contributed by atoms with van der Waals surface area (Å²) in [5.41, 5.74) is 4.69. The van der Waals surface area contributed by atoms with E-state index in [2.05, 4.69) is 26.6 Å². The van der Waals surface area contributed by atoms with Crippen LogP contribution in [0.4, 0.5) is 0 Å². The first kappa shape index (κ1) is 11.1. The van der Waals surface area contributed by atoms with E-state index in [0.29, 0.717) is 5.56 Å². The van der Waals surface area contributed by atoms with Gasteiger partial charge in [-0.2, -0.15) is 0 Å². The summed E-state index contributed by atoms with van der Waals surface area (Å²) in [7, 11) is 0. The lowest BCUT2D eigenvalue weighted by molar-refractivity contribution is -0.126. The third-order valence-corrected chi connectivity index (χ3v) is 1.47. The number of nitrogens with zero attached hydrogens (tertiary/aromatic N) is 1. The van der Waals surface area contributed by atoms with Crippen LogP contribution in [-0.4, -0.2) is 23.4 Å². The Labute approximate surface area is 85.5 Å². The number of rotatable bonds is 3. The van der Waals surface area contributed by atoms with Crippen LogP contribution in [0.5, 0.6) is 0 Å². The number of pyridine rings is 1. The van der Waals surface area contributed by atoms with E-state index in [-0.39, 0.29) is 6.61 Å². The summed E-state index contributed by atoms with van der Waals surface area (Å²) in [6.07, 6.45) is 2.94. The van der Waals surface area contributed by atoms with E-state index in [9.17, 15) is 9.59 Å². The number of aromatic nitrogens is 1. The van der Waals surface area contributed by atoms with Crippen molar-refractivity contribution in [1.82, 2.24) is 15.8 Å². The third-order valence-electron chi connectivity index (χ3n) is 1.47. The van der Waals surface area contributed by atoms with Gasteiger partial charge >= 0.3 is 0 Å². The fourth-order valence-electron chi connectivity index (χ4n) is 0.814. The van der Waals surface area contributed by atoms with Gasteiger partial charge in [-0.15, -0.1) is 0 Å². The zero-order valence-corrected chi connectivity index (χ0v) is 7.77. The Morgan fingerprint density at radius 1 is 1.33 bits per heavy atom. The van der Waals surface area contributed by atoms with Gasteiger partial charge < -0.3 is 0 Å². The number of nitrogens with one attached hydrogen (secondary N) is 2. The summed E-state index contributed by atoms with van der Waals surface area (Å²) in [5.74, 6) is 3.68. The Balaban J connectivity index is 2.40. The number of hydrogen-bond acceptors (Lipinski definition) is 5. The first-order chi connectivity index (χ1) is 7.24. The molecule has 0 aliphatic rings. The molecule has 4 N–H and O–H groups in total. The van der Waals surface area contributed by atoms with Crippen LogP contribution in [0, 0.1) is 0 Å². The van der Waals surface area contributed by atoms with Gasteiger partial charge in [0.1, 0.15) is 6.61 Å². The highest BCUT2D eigenvalue weighted by molar-refractivity contribution is 5.95. The van der Waals surface area contributed by atoms with Crippen LogP contribution in [0.3, 0.4) is 0 Å². The van der Waals surface area contributed by atoms with E-state index < -0.39 is 11.8 Å². The molecule has 0 unspecified atom stereocenters. The molecule has 0 radical (unpaired) electrons. The Morgan fingerprint density at radius 3 is 2.60 bits per heavy atom. The second kappa shape index (κ2) is 5.68. The van der Waals surface area contributed by atoms with Gasteiger partial charge in [0, 0.05) is 18.0 Å². The molecule has 2 amide bonds. The van der Waals surface area contributed by atoms with Crippen molar-refractivity contribution in [1.29, 1.82) is 0 Å². The molecule has 1 aromatic heterocycles. The maximum atomic E-state index is 11.3. The van der Waals surface area contributed by atoms with E-state index >= 15 is 0 Å². The molecule has 15 heavy (non-hydrogen) atoms. The summed E-state index contributed by atoms with van der Waals surface area (Å²) < 4.78 is 0. The van der Waals surface area contributed by atoms with Gasteiger partial charge in [0.15, 0.2) is 0 Å². The lowest BCUT2D eigenvalue weighted by Gasteiger charge is -2.05. The van der Waals surface area contributed by atoms with Crippen molar-refractivity contribution in [2.24, 2.45) is 5.90 Å². The van der Waals surface area contributed by atoms with E-state index in [1.165, 1.54) is 24.5 Å². The molecule has 1 rings (SSSR count). The van der Waals surface area contributed by atoms with Crippen molar-refractivity contribution in [3.63, 3.8) is 0 Å². The fraction of sp³-hybridized carbons (Fsp3) is 0.125. The quantitative estimate of drug-likeness (QED) is 0.539. The molecule has 0 saturated heterocycles. The van der Waals surface area contributed by atoms with Gasteiger partial charge in [0.05, 0.1) is 0 Å². The smallest absolute Gasteiger partial charge is 0.269 e. The van der Waals surface area contributed by atoms with Crippen LogP contribution in [0.2, 0.25) is 0 Å². The monoisotopic (exact) mass is 210 g/mol. The zero-order valence-electron chi connectivity index (χ0n) is 7.77. The summed E-state index contributed by atoms with van der Waals surface area (Å²) in [4.78, 5) is 30.0. The minimum atomic E-state index is -0.542. The Kier molecular flexibility index (Phi) is 4.20. The van der Waals surface area contributed by atoms with Crippen LogP contribution in [0.25, 0.3) is 0 Å². The molecule has 0 saturated carbocycles. The number of hydrazine groups is 1. The lowest BCUT2D eigenvalue weighted by atomic mass is 10.3. The van der Waals surface area contributed by atoms with Crippen LogP contribution >= 0.6 is 0 Å². The van der Waals surface area contributed by atoms with Crippen LogP contribution in [-0.2, 0) is 9.63 Å². The molecule has 0 aliphatic carbocycles. The average molecular weight is 210 g/mol. The summed E-state index contributed by atoms with van der Waals surface area (Å²) >= 11 is 0. The van der Waals surface area contributed by atoms with Crippen LogP contribution < -0.4 is 16.7 Å². The van der Waals surface area contributed by atoms with E-state index in [1.54, 1.807) is 0 Å². The SMILES string of the molecule is NOCC(=O)NNC(=O)c1ccncc1. The van der Waals surface area contributed by atoms with Gasteiger partial charge in [-0.25, -0.2) is 5.90 Å². The second-order valence-corrected chi connectivity index (χ2v) is 2.55. The molecule has 0 aromatic carbocycles. The maximum Gasteiger partial charge on any atom is 0.269 e. The van der Waals surface area contributed by atoms with Crippen molar-refractivity contribution < 1.29 is 14.4 Å². The third kappa shape index (κ3) is 3.71. The number of carbonyl (C=O) groups excluding carboxylic acids is 2. The molecule has 1 aromatic rings. The number of carbonyl (C=O) groups is 2. The Morgan fingerprint density at radius 2 is 2.00 bits per heavy atom. The zero-order chi connectivity index (χ0) is 11.1. The molecule has 0 bridgehead atoms. The van der Waals surface area contributed by atoms with Gasteiger partial charge in [-0.1, -0.05) is 0 Å². The lowest BCUT2D eigenvalue weighted by Crippen LogP contribution is -2.43. The average Bonchev–Trinajstić information content (AvgIpc) is 2.27. The molecule has 7 nitrogen and oxygen atoms in total. The van der Waals surface area contributed by atoms with Crippen molar-refractivity contribution in [2.75, 3.05) is 6.61 Å². The van der Waals surface area contributed by atoms with Gasteiger partial charge in [0.2, 0.25) is 0 Å². The highest BCUT2D eigenvalue weighted by Crippen LogP contribution is 1.93. The first-order valence-corrected chi connectivity index (χ1v) is 4.05. The Hall–Kier alpha value is -1.99. The minimum Gasteiger partial charge on any atom is -0.295 e. The van der Waals surface area contributed by atoms with Crippen LogP contribution in [0.15, 0.2) is 24.5 Å². The standard InChI is InChI=1S/C8H10N4O3/c9-15-5-7(13)11-12-8(14)6-1-3-10-4-2-6/h1-4H,5,9H2,(H,11,13)(H,12,14). The summed E-state index contributed by atoms with van der Waals surface area (Å²) in [6.45, 7) is -0.323.